The van der Waals surface area contributed by atoms with Gasteiger partial charge in [0.25, 0.3) is 0 Å². The van der Waals surface area contributed by atoms with Gasteiger partial charge in [-0.15, -0.1) is 0 Å². The Labute approximate surface area is 197 Å². The molecule has 0 aliphatic rings. The molecule has 1 heterocycles. The largest absolute Gasteiger partial charge is 0.340 e. The third-order valence-electron chi connectivity index (χ3n) is 4.50. The van der Waals surface area contributed by atoms with E-state index in [-0.39, 0.29) is 22.9 Å². The van der Waals surface area contributed by atoms with E-state index in [1.165, 1.54) is 18.2 Å². The van der Waals surface area contributed by atoms with Crippen LogP contribution < -0.4 is 16.2 Å². The topological polar surface area (TPSA) is 86.6 Å². The molecule has 0 saturated heterocycles. The number of benzene rings is 3. The number of anilines is 4. The van der Waals surface area contributed by atoms with Gasteiger partial charge in [0, 0.05) is 11.8 Å². The summed E-state index contributed by atoms with van der Waals surface area (Å²) in [4.78, 5) is 8.40. The molecule has 0 aliphatic heterocycles. The molecule has 0 atom stereocenters. The molecule has 0 bridgehead atoms. The van der Waals surface area contributed by atoms with Crippen molar-refractivity contribution in [2.75, 3.05) is 16.2 Å². The van der Waals surface area contributed by atoms with Crippen LogP contribution in [0.25, 0.3) is 0 Å². The van der Waals surface area contributed by atoms with Crippen molar-refractivity contribution in [2.45, 2.75) is 0 Å². The number of halogens is 4. The van der Waals surface area contributed by atoms with Gasteiger partial charge in [-0.2, -0.15) is 20.2 Å². The Kier molecular flexibility index (Phi) is 7.26. The van der Waals surface area contributed by atoms with E-state index in [0.29, 0.717) is 5.82 Å². The summed E-state index contributed by atoms with van der Waals surface area (Å²) in [6.07, 6.45) is 1.93. The standard InChI is InChI=1S/C24H17F4N7/c25-18-8-4-9-19(26)16(18)13-29-34-23-12-22(31-15-6-2-1-3-7-15)32-24(33-23)35-30-14-17-20(27)10-5-11-21(17)28/h1-14H,(H3,31,32,33,34,35). The molecule has 0 saturated carbocycles. The van der Waals surface area contributed by atoms with E-state index in [1.807, 2.05) is 18.2 Å². The lowest BCUT2D eigenvalue weighted by atomic mass is 10.2. The Bertz CT molecular complexity index is 1260. The smallest absolute Gasteiger partial charge is 0.247 e. The van der Waals surface area contributed by atoms with Gasteiger partial charge in [0.15, 0.2) is 5.82 Å². The zero-order valence-corrected chi connectivity index (χ0v) is 17.9. The highest BCUT2D eigenvalue weighted by atomic mass is 19.1. The van der Waals surface area contributed by atoms with E-state index in [9.17, 15) is 17.6 Å². The Morgan fingerprint density at radius 2 is 1.11 bits per heavy atom. The lowest BCUT2D eigenvalue weighted by Crippen LogP contribution is -2.05. The van der Waals surface area contributed by atoms with Crippen molar-refractivity contribution in [3.63, 3.8) is 0 Å². The number of para-hydroxylation sites is 1. The Hall–Kier alpha value is -4.80. The van der Waals surface area contributed by atoms with E-state index in [1.54, 1.807) is 12.1 Å². The summed E-state index contributed by atoms with van der Waals surface area (Å²) in [6, 6.07) is 17.5. The molecule has 0 unspecified atom stereocenters. The second-order valence-electron chi connectivity index (χ2n) is 6.96. The van der Waals surface area contributed by atoms with Crippen LogP contribution in [0, 0.1) is 23.3 Å². The maximum atomic E-state index is 13.8. The van der Waals surface area contributed by atoms with Crippen LogP contribution in [0.4, 0.5) is 40.8 Å². The monoisotopic (exact) mass is 479 g/mol. The summed E-state index contributed by atoms with van der Waals surface area (Å²) in [5.41, 5.74) is 5.13. The predicted molar refractivity (Wildman–Crippen MR) is 127 cm³/mol. The third kappa shape index (κ3) is 6.16. The third-order valence-corrected chi connectivity index (χ3v) is 4.50. The molecular weight excluding hydrogens is 462 g/mol. The van der Waals surface area contributed by atoms with Gasteiger partial charge < -0.3 is 5.32 Å². The molecule has 0 spiro atoms. The van der Waals surface area contributed by atoms with Gasteiger partial charge >= 0.3 is 0 Å². The zero-order valence-electron chi connectivity index (χ0n) is 17.9. The molecule has 0 amide bonds. The van der Waals surface area contributed by atoms with Gasteiger partial charge in [0.2, 0.25) is 5.95 Å². The fourth-order valence-electron chi connectivity index (χ4n) is 2.87. The van der Waals surface area contributed by atoms with Gasteiger partial charge in [0.1, 0.15) is 29.1 Å². The first kappa shape index (κ1) is 23.4. The number of nitrogens with zero attached hydrogens (tertiary/aromatic N) is 4. The summed E-state index contributed by atoms with van der Waals surface area (Å²) in [7, 11) is 0. The maximum absolute atomic E-state index is 13.8. The second kappa shape index (κ2) is 10.9. The molecule has 176 valence electrons. The lowest BCUT2D eigenvalue weighted by molar-refractivity contribution is 0.579. The van der Waals surface area contributed by atoms with Crippen LogP contribution in [0.5, 0.6) is 0 Å². The van der Waals surface area contributed by atoms with Crippen molar-refractivity contribution in [1.82, 2.24) is 9.97 Å². The van der Waals surface area contributed by atoms with Gasteiger partial charge in [-0.3, -0.25) is 5.43 Å². The summed E-state index contributed by atoms with van der Waals surface area (Å²) in [5, 5.41) is 10.7. The van der Waals surface area contributed by atoms with Crippen molar-refractivity contribution >= 4 is 35.7 Å². The highest BCUT2D eigenvalue weighted by molar-refractivity contribution is 5.81. The van der Waals surface area contributed by atoms with Crippen LogP contribution >= 0.6 is 0 Å². The first-order valence-electron chi connectivity index (χ1n) is 10.2. The van der Waals surface area contributed by atoms with Crippen molar-refractivity contribution in [3.05, 3.63) is 107 Å². The van der Waals surface area contributed by atoms with Crippen LogP contribution in [0.2, 0.25) is 0 Å². The van der Waals surface area contributed by atoms with Crippen LogP contribution in [0.3, 0.4) is 0 Å². The van der Waals surface area contributed by atoms with Crippen LogP contribution in [-0.2, 0) is 0 Å². The molecule has 0 aliphatic carbocycles. The molecule has 7 nitrogen and oxygen atoms in total. The van der Waals surface area contributed by atoms with E-state index in [2.05, 4.69) is 36.3 Å². The Balaban J connectivity index is 1.57. The van der Waals surface area contributed by atoms with Crippen LogP contribution in [-0.4, -0.2) is 22.4 Å². The highest BCUT2D eigenvalue weighted by Crippen LogP contribution is 2.19. The number of hydrogen-bond acceptors (Lipinski definition) is 7. The Morgan fingerprint density at radius 1 is 0.600 bits per heavy atom. The number of hydrogen-bond donors (Lipinski definition) is 3. The molecule has 35 heavy (non-hydrogen) atoms. The second-order valence-corrected chi connectivity index (χ2v) is 6.96. The van der Waals surface area contributed by atoms with Gasteiger partial charge in [-0.1, -0.05) is 30.3 Å². The quantitative estimate of drug-likeness (QED) is 0.172. The minimum Gasteiger partial charge on any atom is -0.340 e. The van der Waals surface area contributed by atoms with E-state index < -0.39 is 23.3 Å². The van der Waals surface area contributed by atoms with E-state index >= 15 is 0 Å². The molecule has 11 heteroatoms. The molecular formula is C24H17F4N7. The summed E-state index contributed by atoms with van der Waals surface area (Å²) < 4.78 is 55.2. The van der Waals surface area contributed by atoms with E-state index in [4.69, 9.17) is 0 Å². The van der Waals surface area contributed by atoms with Crippen molar-refractivity contribution in [2.24, 2.45) is 10.2 Å². The van der Waals surface area contributed by atoms with Crippen molar-refractivity contribution in [3.8, 4) is 0 Å². The van der Waals surface area contributed by atoms with Crippen LogP contribution in [0.15, 0.2) is 83.0 Å². The molecule has 1 aromatic heterocycles. The van der Waals surface area contributed by atoms with Crippen molar-refractivity contribution < 1.29 is 17.6 Å². The number of aromatic nitrogens is 2. The van der Waals surface area contributed by atoms with Gasteiger partial charge in [-0.25, -0.2) is 23.0 Å². The minimum absolute atomic E-state index is 0.0475. The van der Waals surface area contributed by atoms with Gasteiger partial charge in [0.05, 0.1) is 23.6 Å². The maximum Gasteiger partial charge on any atom is 0.247 e. The molecule has 4 aromatic rings. The molecule has 0 radical (unpaired) electrons. The molecule has 0 fully saturated rings. The average molecular weight is 479 g/mol. The van der Waals surface area contributed by atoms with E-state index in [0.717, 1.165) is 42.4 Å². The zero-order chi connectivity index (χ0) is 24.6. The number of nitrogens with one attached hydrogen (secondary N) is 3. The predicted octanol–water partition coefficient (Wildman–Crippen LogP) is 5.67. The first-order chi connectivity index (χ1) is 17.0. The van der Waals surface area contributed by atoms with Crippen molar-refractivity contribution in [1.29, 1.82) is 0 Å². The Morgan fingerprint density at radius 3 is 1.69 bits per heavy atom. The summed E-state index contributed by atoms with van der Waals surface area (Å²) >= 11 is 0. The van der Waals surface area contributed by atoms with Gasteiger partial charge in [-0.05, 0) is 36.4 Å². The highest BCUT2D eigenvalue weighted by Gasteiger charge is 2.08. The number of rotatable bonds is 8. The lowest BCUT2D eigenvalue weighted by Gasteiger charge is -2.09. The average Bonchev–Trinajstić information content (AvgIpc) is 2.83. The number of hydrazone groups is 2. The fourth-order valence-corrected chi connectivity index (χ4v) is 2.87. The fraction of sp³-hybridized carbons (Fsp3) is 0. The minimum atomic E-state index is -0.784. The SMILES string of the molecule is Fc1cccc(F)c1C=NNc1cc(Nc2ccccc2)nc(NN=Cc2c(F)cccc2F)n1. The van der Waals surface area contributed by atoms with Crippen LogP contribution in [0.1, 0.15) is 11.1 Å². The molecule has 4 rings (SSSR count). The molecule has 3 aromatic carbocycles. The summed E-state index contributed by atoms with van der Waals surface area (Å²) in [6.45, 7) is 0. The summed E-state index contributed by atoms with van der Waals surface area (Å²) in [5.74, 6) is -2.71. The molecule has 3 N–H and O–H groups in total. The first-order valence-corrected chi connectivity index (χ1v) is 10.2. The normalized spacial score (nSPS) is 11.2.